The van der Waals surface area contributed by atoms with Crippen molar-refractivity contribution < 1.29 is 4.79 Å². The van der Waals surface area contributed by atoms with Gasteiger partial charge in [0.25, 0.3) is 0 Å². The molecule has 2 aromatic carbocycles. The Morgan fingerprint density at radius 2 is 2.08 bits per heavy atom. The fourth-order valence-electron chi connectivity index (χ4n) is 2.81. The second-order valence-electron chi connectivity index (χ2n) is 5.99. The van der Waals surface area contributed by atoms with Gasteiger partial charge in [0.15, 0.2) is 5.16 Å². The summed E-state index contributed by atoms with van der Waals surface area (Å²) in [4.78, 5) is 18.1. The van der Waals surface area contributed by atoms with Crippen LogP contribution in [0.1, 0.15) is 6.42 Å². The van der Waals surface area contributed by atoms with E-state index in [-0.39, 0.29) is 5.91 Å². The van der Waals surface area contributed by atoms with Crippen molar-refractivity contribution in [2.45, 2.75) is 23.0 Å². The van der Waals surface area contributed by atoms with Gasteiger partial charge in [-0.05, 0) is 24.3 Å². The molecule has 0 bridgehead atoms. The van der Waals surface area contributed by atoms with Crippen LogP contribution in [0.25, 0.3) is 11.3 Å². The normalized spacial score (nSPS) is 12.8. The molecule has 1 aromatic heterocycles. The fourth-order valence-corrected chi connectivity index (χ4v) is 4.62. The first-order valence-electron chi connectivity index (χ1n) is 8.56. The van der Waals surface area contributed by atoms with E-state index in [0.717, 1.165) is 40.2 Å². The van der Waals surface area contributed by atoms with Gasteiger partial charge >= 0.3 is 0 Å². The molecule has 1 aliphatic rings. The van der Waals surface area contributed by atoms with Crippen molar-refractivity contribution in [2.24, 2.45) is 0 Å². The summed E-state index contributed by atoms with van der Waals surface area (Å²) in [6.07, 6.45) is 2.58. The lowest BCUT2D eigenvalue weighted by Gasteiger charge is -2.07. The van der Waals surface area contributed by atoms with Gasteiger partial charge in [-0.15, -0.1) is 11.8 Å². The average molecular weight is 382 g/mol. The first-order chi connectivity index (χ1) is 12.8. The highest BCUT2D eigenvalue weighted by atomic mass is 32.2. The molecule has 0 atom stereocenters. The highest BCUT2D eigenvalue weighted by Crippen LogP contribution is 2.30. The molecule has 0 aliphatic carbocycles. The number of hydrogen-bond donors (Lipinski definition) is 1. The van der Waals surface area contributed by atoms with Gasteiger partial charge in [0, 0.05) is 46.8 Å². The Morgan fingerprint density at radius 1 is 1.19 bits per heavy atom. The number of carbonyl (C=O) groups excluding carboxylic acids is 1. The number of fused-ring (bicyclic) bond motifs is 1. The van der Waals surface area contributed by atoms with Gasteiger partial charge in [-0.2, -0.15) is 0 Å². The third-order valence-corrected chi connectivity index (χ3v) is 6.07. The van der Waals surface area contributed by atoms with Crippen LogP contribution in [0.15, 0.2) is 70.8 Å². The molecule has 0 saturated carbocycles. The zero-order valence-corrected chi connectivity index (χ0v) is 15.9. The molecule has 0 fully saturated rings. The van der Waals surface area contributed by atoms with Crippen LogP contribution in [-0.4, -0.2) is 27.0 Å². The standard InChI is InChI=1S/C20H19N3OS2/c24-19(9-11-25-17-7-2-1-3-8-17)21-16-6-4-5-15(13-16)18-14-23-10-12-26-20(23)22-18/h1-8,13-14H,9-12H2,(H,21,24). The molecule has 0 radical (unpaired) electrons. The smallest absolute Gasteiger partial charge is 0.225 e. The van der Waals surface area contributed by atoms with Crippen molar-refractivity contribution in [3.63, 3.8) is 0 Å². The summed E-state index contributed by atoms with van der Waals surface area (Å²) in [6.45, 7) is 1.02. The van der Waals surface area contributed by atoms with Crippen molar-refractivity contribution in [1.82, 2.24) is 9.55 Å². The number of thioether (sulfide) groups is 2. The summed E-state index contributed by atoms with van der Waals surface area (Å²) in [5, 5.41) is 4.07. The molecule has 1 N–H and O–H groups in total. The number of benzene rings is 2. The Morgan fingerprint density at radius 3 is 2.92 bits per heavy atom. The molecule has 3 aromatic rings. The second-order valence-corrected chi connectivity index (χ2v) is 8.22. The zero-order chi connectivity index (χ0) is 17.8. The molecule has 132 valence electrons. The maximum atomic E-state index is 12.2. The molecule has 2 heterocycles. The molecule has 0 unspecified atom stereocenters. The van der Waals surface area contributed by atoms with E-state index in [9.17, 15) is 4.79 Å². The van der Waals surface area contributed by atoms with Crippen LogP contribution in [0.3, 0.4) is 0 Å². The van der Waals surface area contributed by atoms with E-state index in [2.05, 4.69) is 33.2 Å². The summed E-state index contributed by atoms with van der Waals surface area (Å²) in [5.74, 6) is 1.90. The monoisotopic (exact) mass is 381 g/mol. The molecule has 26 heavy (non-hydrogen) atoms. The lowest BCUT2D eigenvalue weighted by molar-refractivity contribution is -0.115. The van der Waals surface area contributed by atoms with Crippen molar-refractivity contribution in [3.8, 4) is 11.3 Å². The minimum atomic E-state index is 0.0356. The number of hydrogen-bond acceptors (Lipinski definition) is 4. The quantitative estimate of drug-likeness (QED) is 0.625. The van der Waals surface area contributed by atoms with Gasteiger partial charge in [0.1, 0.15) is 0 Å². The van der Waals surface area contributed by atoms with E-state index in [4.69, 9.17) is 0 Å². The Hall–Kier alpha value is -2.18. The largest absolute Gasteiger partial charge is 0.326 e. The average Bonchev–Trinajstić information content (AvgIpc) is 3.25. The molecule has 1 aliphatic heterocycles. The lowest BCUT2D eigenvalue weighted by Crippen LogP contribution is -2.12. The molecule has 1 amide bonds. The summed E-state index contributed by atoms with van der Waals surface area (Å²) in [7, 11) is 0. The van der Waals surface area contributed by atoms with Gasteiger partial charge in [-0.3, -0.25) is 4.79 Å². The van der Waals surface area contributed by atoms with Crippen molar-refractivity contribution in [3.05, 3.63) is 60.8 Å². The van der Waals surface area contributed by atoms with Crippen LogP contribution >= 0.6 is 23.5 Å². The molecule has 6 heteroatoms. The number of rotatable bonds is 6. The van der Waals surface area contributed by atoms with Gasteiger partial charge in [0.2, 0.25) is 5.91 Å². The van der Waals surface area contributed by atoms with E-state index in [0.29, 0.717) is 6.42 Å². The van der Waals surface area contributed by atoms with Crippen molar-refractivity contribution >= 4 is 35.1 Å². The Bertz CT molecular complexity index is 887. The highest BCUT2D eigenvalue weighted by Gasteiger charge is 2.15. The summed E-state index contributed by atoms with van der Waals surface area (Å²) >= 11 is 3.48. The van der Waals surface area contributed by atoms with E-state index in [1.54, 1.807) is 23.5 Å². The van der Waals surface area contributed by atoms with Crippen LogP contribution in [0.2, 0.25) is 0 Å². The Balaban J connectivity index is 1.35. The molecule has 4 nitrogen and oxygen atoms in total. The fraction of sp³-hybridized carbons (Fsp3) is 0.200. The molecule has 4 rings (SSSR count). The number of imidazole rings is 1. The number of nitrogens with zero attached hydrogens (tertiary/aromatic N) is 2. The topological polar surface area (TPSA) is 46.9 Å². The maximum Gasteiger partial charge on any atom is 0.225 e. The van der Waals surface area contributed by atoms with Gasteiger partial charge in [0.05, 0.1) is 5.69 Å². The zero-order valence-electron chi connectivity index (χ0n) is 14.2. The van der Waals surface area contributed by atoms with Crippen LogP contribution in [-0.2, 0) is 11.3 Å². The van der Waals surface area contributed by atoms with E-state index in [1.165, 1.54) is 4.90 Å². The van der Waals surface area contributed by atoms with Crippen LogP contribution < -0.4 is 5.32 Å². The lowest BCUT2D eigenvalue weighted by atomic mass is 10.1. The minimum Gasteiger partial charge on any atom is -0.326 e. The minimum absolute atomic E-state index is 0.0356. The summed E-state index contributed by atoms with van der Waals surface area (Å²) < 4.78 is 2.19. The summed E-state index contributed by atoms with van der Waals surface area (Å²) in [6, 6.07) is 18.0. The molecular formula is C20H19N3OS2. The Kier molecular flexibility index (Phi) is 5.32. The second kappa shape index (κ2) is 8.01. The predicted octanol–water partition coefficient (Wildman–Crippen LogP) is 4.78. The third-order valence-electron chi connectivity index (χ3n) is 4.09. The molecular weight excluding hydrogens is 362 g/mol. The first kappa shape index (κ1) is 17.2. The van der Waals surface area contributed by atoms with Gasteiger partial charge in [-0.25, -0.2) is 4.98 Å². The molecule has 0 saturated heterocycles. The van der Waals surface area contributed by atoms with Gasteiger partial charge in [-0.1, -0.05) is 42.1 Å². The van der Waals surface area contributed by atoms with Gasteiger partial charge < -0.3 is 9.88 Å². The number of aryl methyl sites for hydroxylation is 1. The van der Waals surface area contributed by atoms with Crippen LogP contribution in [0.4, 0.5) is 5.69 Å². The van der Waals surface area contributed by atoms with Crippen molar-refractivity contribution in [1.29, 1.82) is 0 Å². The number of aromatic nitrogens is 2. The SMILES string of the molecule is O=C(CCSc1ccccc1)Nc1cccc(-c2cn3c(n2)SCC3)c1. The third kappa shape index (κ3) is 4.14. The molecule has 0 spiro atoms. The van der Waals surface area contributed by atoms with Crippen molar-refractivity contribution in [2.75, 3.05) is 16.8 Å². The maximum absolute atomic E-state index is 12.2. The number of nitrogens with one attached hydrogen (secondary N) is 1. The highest BCUT2D eigenvalue weighted by molar-refractivity contribution is 7.99. The number of carbonyl (C=O) groups is 1. The number of anilines is 1. The van der Waals surface area contributed by atoms with Crippen LogP contribution in [0, 0.1) is 0 Å². The van der Waals surface area contributed by atoms with E-state index in [1.807, 2.05) is 42.5 Å². The number of amides is 1. The van der Waals surface area contributed by atoms with E-state index < -0.39 is 0 Å². The first-order valence-corrected chi connectivity index (χ1v) is 10.5. The predicted molar refractivity (Wildman–Crippen MR) is 109 cm³/mol. The van der Waals surface area contributed by atoms with E-state index >= 15 is 0 Å². The summed E-state index contributed by atoms with van der Waals surface area (Å²) in [5.41, 5.74) is 2.81. The van der Waals surface area contributed by atoms with Crippen LogP contribution in [0.5, 0.6) is 0 Å². The Labute approximate surface area is 161 Å².